The molecular weight excluding hydrogens is 226 g/mol. The number of hydrogen-bond acceptors (Lipinski definition) is 2. The highest BCUT2D eigenvalue weighted by atomic mass is 16.5. The third-order valence-electron chi connectivity index (χ3n) is 2.99. The molecule has 88 valence electrons. The van der Waals surface area contributed by atoms with E-state index in [1.54, 1.807) is 12.1 Å². The minimum atomic E-state index is 0.122. The van der Waals surface area contributed by atoms with Crippen molar-refractivity contribution in [3.05, 3.63) is 66.0 Å². The van der Waals surface area contributed by atoms with E-state index < -0.39 is 0 Å². The molecule has 0 amide bonds. The zero-order valence-electron chi connectivity index (χ0n) is 9.58. The summed E-state index contributed by atoms with van der Waals surface area (Å²) < 4.78 is 0.765. The fourth-order valence-electron chi connectivity index (χ4n) is 2.05. The summed E-state index contributed by atoms with van der Waals surface area (Å²) in [5.41, 5.74) is 2.47. The predicted octanol–water partition coefficient (Wildman–Crippen LogP) is 2.85. The Morgan fingerprint density at radius 3 is 2.44 bits per heavy atom. The van der Waals surface area contributed by atoms with Gasteiger partial charge in [0.15, 0.2) is 6.20 Å². The second-order valence-electron chi connectivity index (χ2n) is 4.12. The molecular formula is C15H11NO2. The average molecular weight is 237 g/mol. The van der Waals surface area contributed by atoms with Crippen molar-refractivity contribution in [1.82, 2.24) is 0 Å². The van der Waals surface area contributed by atoms with Crippen molar-refractivity contribution in [3.63, 3.8) is 0 Å². The molecule has 3 nitrogen and oxygen atoms in total. The van der Waals surface area contributed by atoms with Crippen LogP contribution in [0.25, 0.3) is 22.0 Å². The van der Waals surface area contributed by atoms with E-state index in [0.29, 0.717) is 10.9 Å². The standard InChI is InChI=1S/C15H11NO2/c17-15-8-9-16(18)14-10-12(6-7-13(14)15)11-4-2-1-3-5-11/h1-10,17H. The van der Waals surface area contributed by atoms with E-state index in [-0.39, 0.29) is 5.75 Å². The Kier molecular flexibility index (Phi) is 2.38. The van der Waals surface area contributed by atoms with E-state index in [2.05, 4.69) is 0 Å². The van der Waals surface area contributed by atoms with Crippen LogP contribution in [0.2, 0.25) is 0 Å². The van der Waals surface area contributed by atoms with Gasteiger partial charge in [-0.1, -0.05) is 36.4 Å². The first-order chi connectivity index (χ1) is 8.75. The average Bonchev–Trinajstić information content (AvgIpc) is 2.44. The first kappa shape index (κ1) is 10.6. The highest BCUT2D eigenvalue weighted by Gasteiger charge is 2.09. The van der Waals surface area contributed by atoms with Gasteiger partial charge in [-0.05, 0) is 17.2 Å². The van der Waals surface area contributed by atoms with Crippen molar-refractivity contribution in [1.29, 1.82) is 0 Å². The van der Waals surface area contributed by atoms with E-state index in [1.165, 1.54) is 12.3 Å². The molecule has 0 fully saturated rings. The molecule has 1 aromatic heterocycles. The summed E-state index contributed by atoms with van der Waals surface area (Å²) in [5.74, 6) is 0.122. The first-order valence-corrected chi connectivity index (χ1v) is 5.66. The van der Waals surface area contributed by atoms with E-state index in [9.17, 15) is 10.3 Å². The Morgan fingerprint density at radius 1 is 0.889 bits per heavy atom. The maximum Gasteiger partial charge on any atom is 0.228 e. The molecule has 0 radical (unpaired) electrons. The van der Waals surface area contributed by atoms with Crippen molar-refractivity contribution in [2.75, 3.05) is 0 Å². The maximum atomic E-state index is 11.7. The van der Waals surface area contributed by atoms with E-state index in [4.69, 9.17) is 0 Å². The second-order valence-corrected chi connectivity index (χ2v) is 4.12. The lowest BCUT2D eigenvalue weighted by Gasteiger charge is -2.06. The molecule has 0 atom stereocenters. The van der Waals surface area contributed by atoms with Crippen LogP contribution in [0.3, 0.4) is 0 Å². The topological polar surface area (TPSA) is 47.2 Å². The summed E-state index contributed by atoms with van der Waals surface area (Å²) in [4.78, 5) is 0. The molecule has 0 spiro atoms. The lowest BCUT2D eigenvalue weighted by Crippen LogP contribution is -2.25. The Morgan fingerprint density at radius 2 is 1.67 bits per heavy atom. The maximum absolute atomic E-state index is 11.7. The molecule has 3 rings (SSSR count). The molecule has 0 aliphatic carbocycles. The number of rotatable bonds is 1. The van der Waals surface area contributed by atoms with Crippen molar-refractivity contribution in [2.24, 2.45) is 0 Å². The molecule has 0 saturated heterocycles. The van der Waals surface area contributed by atoms with Gasteiger partial charge in [-0.3, -0.25) is 0 Å². The van der Waals surface area contributed by atoms with Crippen molar-refractivity contribution >= 4 is 10.9 Å². The van der Waals surface area contributed by atoms with Gasteiger partial charge in [-0.2, -0.15) is 4.73 Å². The Labute approximate surface area is 104 Å². The zero-order valence-corrected chi connectivity index (χ0v) is 9.58. The predicted molar refractivity (Wildman–Crippen MR) is 70.0 cm³/mol. The van der Waals surface area contributed by atoms with Crippen LogP contribution in [0.1, 0.15) is 0 Å². The van der Waals surface area contributed by atoms with Gasteiger partial charge < -0.3 is 10.3 Å². The fourth-order valence-corrected chi connectivity index (χ4v) is 2.05. The number of fused-ring (bicyclic) bond motifs is 1. The highest BCUT2D eigenvalue weighted by Crippen LogP contribution is 2.26. The van der Waals surface area contributed by atoms with Gasteiger partial charge >= 0.3 is 0 Å². The molecule has 3 aromatic rings. The number of pyridine rings is 1. The number of aromatic nitrogens is 1. The van der Waals surface area contributed by atoms with Gasteiger partial charge in [0.1, 0.15) is 5.75 Å². The smallest absolute Gasteiger partial charge is 0.228 e. The van der Waals surface area contributed by atoms with E-state index in [0.717, 1.165) is 15.9 Å². The number of aromatic hydroxyl groups is 1. The molecule has 0 saturated carbocycles. The summed E-state index contributed by atoms with van der Waals surface area (Å²) in [6, 6.07) is 16.7. The summed E-state index contributed by atoms with van der Waals surface area (Å²) in [6.07, 6.45) is 1.31. The SMILES string of the molecule is [O-][n+]1ccc(O)c2ccc(-c3ccccc3)cc21. The highest BCUT2D eigenvalue weighted by molar-refractivity contribution is 5.86. The van der Waals surface area contributed by atoms with Gasteiger partial charge in [0, 0.05) is 12.1 Å². The third-order valence-corrected chi connectivity index (χ3v) is 2.99. The van der Waals surface area contributed by atoms with Gasteiger partial charge in [0.2, 0.25) is 5.52 Å². The second kappa shape index (κ2) is 4.04. The number of nitrogens with zero attached hydrogens (tertiary/aromatic N) is 1. The van der Waals surface area contributed by atoms with Gasteiger partial charge in [0.25, 0.3) is 0 Å². The van der Waals surface area contributed by atoms with Crippen molar-refractivity contribution in [2.45, 2.75) is 0 Å². The van der Waals surface area contributed by atoms with E-state index in [1.807, 2.05) is 36.4 Å². The Balaban J connectivity index is 2.26. The van der Waals surface area contributed by atoms with Gasteiger partial charge in [-0.15, -0.1) is 0 Å². The summed E-state index contributed by atoms with van der Waals surface area (Å²) in [6.45, 7) is 0. The molecule has 0 aliphatic rings. The number of hydrogen-bond donors (Lipinski definition) is 1. The van der Waals surface area contributed by atoms with Crippen LogP contribution >= 0.6 is 0 Å². The largest absolute Gasteiger partial charge is 0.618 e. The van der Waals surface area contributed by atoms with Crippen molar-refractivity contribution < 1.29 is 9.84 Å². The van der Waals surface area contributed by atoms with Gasteiger partial charge in [0.05, 0.1) is 5.39 Å². The minimum Gasteiger partial charge on any atom is -0.618 e. The van der Waals surface area contributed by atoms with Crippen LogP contribution in [-0.2, 0) is 0 Å². The summed E-state index contributed by atoms with van der Waals surface area (Å²) >= 11 is 0. The molecule has 2 aromatic carbocycles. The Hall–Kier alpha value is -2.55. The lowest BCUT2D eigenvalue weighted by atomic mass is 10.0. The van der Waals surface area contributed by atoms with Crippen LogP contribution < -0.4 is 4.73 Å². The molecule has 0 bridgehead atoms. The van der Waals surface area contributed by atoms with Crippen LogP contribution in [0, 0.1) is 5.21 Å². The molecule has 0 aliphatic heterocycles. The lowest BCUT2D eigenvalue weighted by molar-refractivity contribution is -0.577. The molecule has 3 heteroatoms. The Bertz CT molecular complexity index is 708. The molecule has 18 heavy (non-hydrogen) atoms. The zero-order chi connectivity index (χ0) is 12.5. The first-order valence-electron chi connectivity index (χ1n) is 5.66. The summed E-state index contributed by atoms with van der Waals surface area (Å²) in [5, 5.41) is 22.0. The van der Waals surface area contributed by atoms with Crippen LogP contribution in [-0.4, -0.2) is 5.11 Å². The molecule has 0 unspecified atom stereocenters. The van der Waals surface area contributed by atoms with Crippen molar-refractivity contribution in [3.8, 4) is 16.9 Å². The normalized spacial score (nSPS) is 10.7. The van der Waals surface area contributed by atoms with E-state index >= 15 is 0 Å². The molecule has 1 N–H and O–H groups in total. The van der Waals surface area contributed by atoms with Crippen LogP contribution in [0.5, 0.6) is 5.75 Å². The fraction of sp³-hybridized carbons (Fsp3) is 0. The summed E-state index contributed by atoms with van der Waals surface area (Å²) in [7, 11) is 0. The molecule has 1 heterocycles. The number of benzene rings is 2. The quantitative estimate of drug-likeness (QED) is 0.522. The van der Waals surface area contributed by atoms with Crippen LogP contribution in [0.15, 0.2) is 60.8 Å². The van der Waals surface area contributed by atoms with Gasteiger partial charge in [-0.25, -0.2) is 0 Å². The van der Waals surface area contributed by atoms with Crippen LogP contribution in [0.4, 0.5) is 0 Å². The monoisotopic (exact) mass is 237 g/mol. The third kappa shape index (κ3) is 1.66. The minimum absolute atomic E-state index is 0.122.